The number of ether oxygens (including phenoxy) is 1. The van der Waals surface area contributed by atoms with Crippen LogP contribution in [0.2, 0.25) is 0 Å². The number of hydrogen-bond donors (Lipinski definition) is 2. The molecule has 176 valence electrons. The van der Waals surface area contributed by atoms with Crippen molar-refractivity contribution in [3.05, 3.63) is 54.2 Å². The van der Waals surface area contributed by atoms with Crippen molar-refractivity contribution in [2.75, 3.05) is 19.7 Å². The Morgan fingerprint density at radius 3 is 2.64 bits per heavy atom. The highest BCUT2D eigenvalue weighted by Crippen LogP contribution is 2.24. The van der Waals surface area contributed by atoms with Gasteiger partial charge >= 0.3 is 5.97 Å². The van der Waals surface area contributed by atoms with Crippen molar-refractivity contribution >= 4 is 23.7 Å². The van der Waals surface area contributed by atoms with Gasteiger partial charge < -0.3 is 24.7 Å². The zero-order valence-electron chi connectivity index (χ0n) is 18.5. The third-order valence-electron chi connectivity index (χ3n) is 5.33. The molecule has 0 radical (unpaired) electrons. The number of amides is 3. The number of hydrogen-bond acceptors (Lipinski definition) is 7. The summed E-state index contributed by atoms with van der Waals surface area (Å²) in [6, 6.07) is 5.22. The number of carbonyl (C=O) groups is 4. The van der Waals surface area contributed by atoms with Crippen molar-refractivity contribution in [1.29, 1.82) is 0 Å². The summed E-state index contributed by atoms with van der Waals surface area (Å²) in [4.78, 5) is 56.2. The van der Waals surface area contributed by atoms with E-state index in [-0.39, 0.29) is 18.4 Å². The smallest absolute Gasteiger partial charge is 0.325 e. The molecule has 1 atom stereocenters. The second kappa shape index (κ2) is 11.8. The molecule has 0 spiro atoms. The van der Waals surface area contributed by atoms with E-state index in [0.29, 0.717) is 5.56 Å². The van der Waals surface area contributed by atoms with Crippen molar-refractivity contribution in [3.8, 4) is 0 Å². The lowest BCUT2D eigenvalue weighted by molar-refractivity contribution is -0.152. The fraction of sp³-hybridized carbons (Fsp3) is 0.435. The zero-order valence-corrected chi connectivity index (χ0v) is 18.5. The van der Waals surface area contributed by atoms with Gasteiger partial charge in [-0.25, -0.2) is 0 Å². The van der Waals surface area contributed by atoms with Gasteiger partial charge in [-0.05, 0) is 38.0 Å². The molecule has 10 nitrogen and oxygen atoms in total. The SMILES string of the molecule is CCOC(=O)CN(C(=O)CNC(=O)c1ccco1)[C@H](C(=O)NC1CCCC1)c1cccnc1. The molecule has 1 saturated carbocycles. The molecule has 0 saturated heterocycles. The molecule has 3 amide bonds. The van der Waals surface area contributed by atoms with E-state index in [1.54, 1.807) is 31.3 Å². The number of aromatic nitrogens is 1. The first kappa shape index (κ1) is 24.0. The maximum Gasteiger partial charge on any atom is 0.325 e. The van der Waals surface area contributed by atoms with E-state index < -0.39 is 42.8 Å². The van der Waals surface area contributed by atoms with Crippen molar-refractivity contribution in [3.63, 3.8) is 0 Å². The predicted octanol–water partition coefficient (Wildman–Crippen LogP) is 1.60. The number of furan rings is 1. The maximum absolute atomic E-state index is 13.3. The Bertz CT molecular complexity index is 941. The molecule has 1 aliphatic carbocycles. The average molecular weight is 456 g/mol. The lowest BCUT2D eigenvalue weighted by Gasteiger charge is -2.31. The van der Waals surface area contributed by atoms with Crippen LogP contribution in [0.1, 0.15) is 54.8 Å². The summed E-state index contributed by atoms with van der Waals surface area (Å²) in [7, 11) is 0. The fourth-order valence-electron chi connectivity index (χ4n) is 3.78. The Labute approximate surface area is 191 Å². The summed E-state index contributed by atoms with van der Waals surface area (Å²) in [6.45, 7) is 0.883. The highest BCUT2D eigenvalue weighted by Gasteiger charge is 2.35. The quantitative estimate of drug-likeness (QED) is 0.519. The van der Waals surface area contributed by atoms with Crippen LogP contribution in [0, 0.1) is 0 Å². The third-order valence-corrected chi connectivity index (χ3v) is 5.33. The summed E-state index contributed by atoms with van der Waals surface area (Å²) >= 11 is 0. The molecular formula is C23H28N4O6. The lowest BCUT2D eigenvalue weighted by Crippen LogP contribution is -2.50. The monoisotopic (exact) mass is 456 g/mol. The van der Waals surface area contributed by atoms with Crippen LogP contribution in [0.25, 0.3) is 0 Å². The van der Waals surface area contributed by atoms with Gasteiger partial charge in [0, 0.05) is 24.0 Å². The molecule has 1 fully saturated rings. The van der Waals surface area contributed by atoms with E-state index in [1.807, 2.05) is 0 Å². The predicted molar refractivity (Wildman–Crippen MR) is 117 cm³/mol. The second-order valence-corrected chi connectivity index (χ2v) is 7.67. The normalized spacial score (nSPS) is 14.3. The van der Waals surface area contributed by atoms with E-state index in [9.17, 15) is 19.2 Å². The van der Waals surface area contributed by atoms with Gasteiger partial charge in [0.15, 0.2) is 5.76 Å². The molecule has 0 aliphatic heterocycles. The van der Waals surface area contributed by atoms with Gasteiger partial charge in [-0.3, -0.25) is 24.2 Å². The summed E-state index contributed by atoms with van der Waals surface area (Å²) in [5, 5.41) is 5.46. The Morgan fingerprint density at radius 1 is 1.21 bits per heavy atom. The summed E-state index contributed by atoms with van der Waals surface area (Å²) in [5.41, 5.74) is 0.447. The van der Waals surface area contributed by atoms with Crippen molar-refractivity contribution in [2.24, 2.45) is 0 Å². The molecular weight excluding hydrogens is 428 g/mol. The fourth-order valence-corrected chi connectivity index (χ4v) is 3.78. The number of nitrogens with one attached hydrogen (secondary N) is 2. The van der Waals surface area contributed by atoms with E-state index in [4.69, 9.17) is 9.15 Å². The molecule has 0 unspecified atom stereocenters. The molecule has 33 heavy (non-hydrogen) atoms. The van der Waals surface area contributed by atoms with Gasteiger partial charge in [0.1, 0.15) is 12.6 Å². The minimum atomic E-state index is -1.11. The van der Waals surface area contributed by atoms with Crippen LogP contribution in [-0.4, -0.2) is 59.3 Å². The van der Waals surface area contributed by atoms with Crippen LogP contribution in [0.4, 0.5) is 0 Å². The van der Waals surface area contributed by atoms with Crippen LogP contribution in [0.15, 0.2) is 47.3 Å². The third kappa shape index (κ3) is 6.64. The van der Waals surface area contributed by atoms with Gasteiger partial charge in [0.25, 0.3) is 5.91 Å². The Morgan fingerprint density at radius 2 is 2.00 bits per heavy atom. The first-order chi connectivity index (χ1) is 16.0. The number of carbonyl (C=O) groups excluding carboxylic acids is 4. The van der Waals surface area contributed by atoms with Gasteiger partial charge in [-0.15, -0.1) is 0 Å². The number of nitrogens with zero attached hydrogens (tertiary/aromatic N) is 2. The molecule has 2 aromatic heterocycles. The van der Waals surface area contributed by atoms with Crippen LogP contribution < -0.4 is 10.6 Å². The largest absolute Gasteiger partial charge is 0.465 e. The molecule has 1 aliphatic rings. The van der Waals surface area contributed by atoms with E-state index >= 15 is 0 Å². The van der Waals surface area contributed by atoms with Crippen LogP contribution in [-0.2, 0) is 19.1 Å². The molecule has 0 bridgehead atoms. The molecule has 2 N–H and O–H groups in total. The average Bonchev–Trinajstić information content (AvgIpc) is 3.52. The van der Waals surface area contributed by atoms with Crippen LogP contribution in [0.5, 0.6) is 0 Å². The van der Waals surface area contributed by atoms with Crippen LogP contribution >= 0.6 is 0 Å². The second-order valence-electron chi connectivity index (χ2n) is 7.67. The van der Waals surface area contributed by atoms with Crippen molar-refractivity contribution in [2.45, 2.75) is 44.7 Å². The van der Waals surface area contributed by atoms with Crippen molar-refractivity contribution in [1.82, 2.24) is 20.5 Å². The lowest BCUT2D eigenvalue weighted by atomic mass is 10.1. The summed E-state index contributed by atoms with van der Waals surface area (Å²) in [5.74, 6) is -2.24. The van der Waals surface area contributed by atoms with E-state index in [0.717, 1.165) is 30.6 Å². The van der Waals surface area contributed by atoms with Crippen LogP contribution in [0.3, 0.4) is 0 Å². The standard InChI is InChI=1S/C23H28N4O6/c1-2-32-20(29)15-27(19(28)14-25-22(30)18-10-6-12-33-18)21(16-7-5-11-24-13-16)23(31)26-17-8-3-4-9-17/h5-7,10-13,17,21H,2-4,8-9,14-15H2,1H3,(H,25,30)(H,26,31)/t21-/m0/s1. The Balaban J connectivity index is 1.83. The number of pyridine rings is 1. The Hall–Kier alpha value is -3.69. The highest BCUT2D eigenvalue weighted by molar-refractivity contribution is 5.96. The Kier molecular flexibility index (Phi) is 8.56. The number of rotatable bonds is 10. The molecule has 10 heteroatoms. The first-order valence-corrected chi connectivity index (χ1v) is 11.0. The van der Waals surface area contributed by atoms with Gasteiger partial charge in [0.2, 0.25) is 11.8 Å². The summed E-state index contributed by atoms with van der Waals surface area (Å²) < 4.78 is 10.1. The highest BCUT2D eigenvalue weighted by atomic mass is 16.5. The molecule has 3 rings (SSSR count). The summed E-state index contributed by atoms with van der Waals surface area (Å²) in [6.07, 6.45) is 8.13. The van der Waals surface area contributed by atoms with Crippen molar-refractivity contribution < 1.29 is 28.3 Å². The zero-order chi connectivity index (χ0) is 23.6. The van der Waals surface area contributed by atoms with Gasteiger partial charge in [-0.2, -0.15) is 0 Å². The van der Waals surface area contributed by atoms with Gasteiger partial charge in [-0.1, -0.05) is 18.9 Å². The number of esters is 1. The van der Waals surface area contributed by atoms with Gasteiger partial charge in [0.05, 0.1) is 19.4 Å². The first-order valence-electron chi connectivity index (χ1n) is 11.0. The topological polar surface area (TPSA) is 131 Å². The molecule has 0 aromatic carbocycles. The van der Waals surface area contributed by atoms with E-state index in [2.05, 4.69) is 15.6 Å². The minimum absolute atomic E-state index is 0.00914. The van der Waals surface area contributed by atoms with E-state index in [1.165, 1.54) is 18.5 Å². The maximum atomic E-state index is 13.3. The minimum Gasteiger partial charge on any atom is -0.465 e. The molecule has 2 aromatic rings. The molecule has 2 heterocycles.